The first kappa shape index (κ1) is 20.1. The Bertz CT molecular complexity index is 1080. The van der Waals surface area contributed by atoms with Crippen LogP contribution in [-0.2, 0) is 15.0 Å². The summed E-state index contributed by atoms with van der Waals surface area (Å²) in [6.45, 7) is 0. The molecule has 3 N–H and O–H groups in total. The first-order chi connectivity index (χ1) is 15.0. The van der Waals surface area contributed by atoms with Gasteiger partial charge in [0.25, 0.3) is 5.91 Å². The van der Waals surface area contributed by atoms with E-state index < -0.39 is 11.3 Å². The zero-order valence-corrected chi connectivity index (χ0v) is 16.5. The van der Waals surface area contributed by atoms with Crippen LogP contribution in [0.25, 0.3) is 0 Å². The second-order valence-electron chi connectivity index (χ2n) is 7.22. The average Bonchev–Trinajstić information content (AvgIpc) is 3.10. The molecular formula is C25H20N2O4. The predicted octanol–water partition coefficient (Wildman–Crippen LogP) is 3.23. The van der Waals surface area contributed by atoms with Gasteiger partial charge in [-0.1, -0.05) is 48.6 Å². The minimum Gasteiger partial charge on any atom is -0.508 e. The lowest BCUT2D eigenvalue weighted by Crippen LogP contribution is -2.40. The lowest BCUT2D eigenvalue weighted by molar-refractivity contribution is -0.126. The van der Waals surface area contributed by atoms with E-state index in [0.29, 0.717) is 5.57 Å². The van der Waals surface area contributed by atoms with E-state index >= 15 is 0 Å². The van der Waals surface area contributed by atoms with Crippen LogP contribution < -0.4 is 5.32 Å². The largest absolute Gasteiger partial charge is 0.508 e. The van der Waals surface area contributed by atoms with Crippen LogP contribution in [0.2, 0.25) is 0 Å². The maximum absolute atomic E-state index is 12.6. The van der Waals surface area contributed by atoms with Gasteiger partial charge in [0.2, 0.25) is 5.91 Å². The van der Waals surface area contributed by atoms with Crippen molar-refractivity contribution < 1.29 is 19.8 Å². The second-order valence-corrected chi connectivity index (χ2v) is 7.22. The number of nitrogens with one attached hydrogen (secondary N) is 1. The van der Waals surface area contributed by atoms with E-state index in [4.69, 9.17) is 0 Å². The summed E-state index contributed by atoms with van der Waals surface area (Å²) in [7, 11) is 0. The quantitative estimate of drug-likeness (QED) is 0.561. The van der Waals surface area contributed by atoms with Crippen LogP contribution >= 0.6 is 0 Å². The Morgan fingerprint density at radius 1 is 0.806 bits per heavy atom. The standard InChI is InChI=1S/C20H15NO4.C5H5N/c22-14-7-3-12(4-8-14)20(13-5-9-15(23)10-6-13)11-1-2-16-17(20)19(25)21-18(16)24;1-2-4-6-5-3-1/h1-11,17,22-23H,(H,21,24,25);1-5H. The number of fused-ring (bicyclic) bond motifs is 1. The first-order valence-electron chi connectivity index (χ1n) is 9.71. The molecule has 1 unspecified atom stereocenters. The topological polar surface area (TPSA) is 99.5 Å². The van der Waals surface area contributed by atoms with Gasteiger partial charge in [-0.25, -0.2) is 0 Å². The van der Waals surface area contributed by atoms with E-state index in [1.807, 2.05) is 24.3 Å². The lowest BCUT2D eigenvalue weighted by Gasteiger charge is -2.38. The number of phenolic OH excluding ortho intramolecular Hbond substituents is 2. The van der Waals surface area contributed by atoms with Crippen LogP contribution in [0.3, 0.4) is 0 Å². The molecule has 2 aliphatic rings. The number of amides is 2. The molecule has 1 aromatic heterocycles. The summed E-state index contributed by atoms with van der Waals surface area (Å²) in [6.07, 6.45) is 8.81. The van der Waals surface area contributed by atoms with Crippen molar-refractivity contribution in [1.82, 2.24) is 10.3 Å². The monoisotopic (exact) mass is 412 g/mol. The van der Waals surface area contributed by atoms with Crippen LogP contribution in [0.5, 0.6) is 11.5 Å². The lowest BCUT2D eigenvalue weighted by atomic mass is 9.62. The molecule has 2 amide bonds. The third-order valence-electron chi connectivity index (χ3n) is 5.42. The number of carbonyl (C=O) groups excluding carboxylic acids is 2. The number of nitrogens with zero attached hydrogens (tertiary/aromatic N) is 1. The van der Waals surface area contributed by atoms with Crippen molar-refractivity contribution in [3.8, 4) is 11.5 Å². The van der Waals surface area contributed by atoms with E-state index in [0.717, 1.165) is 11.1 Å². The summed E-state index contributed by atoms with van der Waals surface area (Å²) in [4.78, 5) is 28.6. The molecule has 1 fully saturated rings. The van der Waals surface area contributed by atoms with Crippen LogP contribution in [-0.4, -0.2) is 27.0 Å². The Morgan fingerprint density at radius 3 is 1.81 bits per heavy atom. The van der Waals surface area contributed by atoms with Gasteiger partial charge in [-0.2, -0.15) is 0 Å². The highest BCUT2D eigenvalue weighted by atomic mass is 16.3. The highest BCUT2D eigenvalue weighted by Crippen LogP contribution is 2.48. The fourth-order valence-electron chi connectivity index (χ4n) is 4.03. The fraction of sp³-hybridized carbons (Fsp3) is 0.0800. The van der Waals surface area contributed by atoms with Crippen LogP contribution in [0.1, 0.15) is 11.1 Å². The number of hydrogen-bond donors (Lipinski definition) is 3. The summed E-state index contributed by atoms with van der Waals surface area (Å²) in [5.74, 6) is -1.22. The number of imide groups is 1. The SMILES string of the molecule is O=C1NC(=O)C2C1=CC=CC2(c1ccc(O)cc1)c1ccc(O)cc1.c1ccncc1. The Hall–Kier alpha value is -4.19. The molecule has 154 valence electrons. The Balaban J connectivity index is 0.000000334. The molecule has 0 spiro atoms. The third-order valence-corrected chi connectivity index (χ3v) is 5.42. The number of phenols is 2. The van der Waals surface area contributed by atoms with E-state index in [9.17, 15) is 19.8 Å². The zero-order chi connectivity index (χ0) is 21.8. The Morgan fingerprint density at radius 2 is 1.35 bits per heavy atom. The smallest absolute Gasteiger partial charge is 0.254 e. The van der Waals surface area contributed by atoms with E-state index in [1.54, 1.807) is 73.1 Å². The second kappa shape index (κ2) is 8.28. The van der Waals surface area contributed by atoms with Gasteiger partial charge in [0.1, 0.15) is 11.5 Å². The number of rotatable bonds is 2. The molecule has 6 heteroatoms. The van der Waals surface area contributed by atoms with Crippen molar-refractivity contribution in [3.05, 3.63) is 114 Å². The minimum absolute atomic E-state index is 0.118. The maximum atomic E-state index is 12.6. The summed E-state index contributed by atoms with van der Waals surface area (Å²) < 4.78 is 0. The van der Waals surface area contributed by atoms with Crippen molar-refractivity contribution >= 4 is 11.8 Å². The van der Waals surface area contributed by atoms with E-state index in [2.05, 4.69) is 10.3 Å². The first-order valence-corrected chi connectivity index (χ1v) is 9.71. The van der Waals surface area contributed by atoms with E-state index in [1.165, 1.54) is 0 Å². The van der Waals surface area contributed by atoms with Crippen molar-refractivity contribution in [1.29, 1.82) is 0 Å². The number of carbonyl (C=O) groups is 2. The number of hydrogen-bond acceptors (Lipinski definition) is 5. The Labute approximate surface area is 179 Å². The third kappa shape index (κ3) is 3.71. The molecule has 1 aliphatic heterocycles. The average molecular weight is 412 g/mol. The predicted molar refractivity (Wildman–Crippen MR) is 115 cm³/mol. The molecule has 6 nitrogen and oxygen atoms in total. The highest BCUT2D eigenvalue weighted by molar-refractivity contribution is 6.16. The summed E-state index contributed by atoms with van der Waals surface area (Å²) in [6, 6.07) is 18.9. The van der Waals surface area contributed by atoms with Crippen molar-refractivity contribution in [2.45, 2.75) is 5.41 Å². The van der Waals surface area contributed by atoms with Crippen molar-refractivity contribution in [3.63, 3.8) is 0 Å². The molecule has 1 saturated heterocycles. The summed E-state index contributed by atoms with van der Waals surface area (Å²) in [5.41, 5.74) is 1.05. The molecule has 31 heavy (non-hydrogen) atoms. The molecular weight excluding hydrogens is 392 g/mol. The molecule has 5 rings (SSSR count). The van der Waals surface area contributed by atoms with Gasteiger partial charge in [-0.05, 0) is 47.5 Å². The molecule has 2 aromatic carbocycles. The Kier molecular flexibility index (Phi) is 5.37. The molecule has 3 aromatic rings. The van der Waals surface area contributed by atoms with Crippen LogP contribution in [0, 0.1) is 5.92 Å². The molecule has 2 heterocycles. The number of benzene rings is 2. The maximum Gasteiger partial charge on any atom is 0.254 e. The van der Waals surface area contributed by atoms with Gasteiger partial charge in [-0.3, -0.25) is 19.9 Å². The van der Waals surface area contributed by atoms with Gasteiger partial charge in [0.05, 0.1) is 11.3 Å². The molecule has 0 saturated carbocycles. The van der Waals surface area contributed by atoms with Gasteiger partial charge in [0, 0.05) is 18.0 Å². The summed E-state index contributed by atoms with van der Waals surface area (Å²) in [5, 5.41) is 21.7. The molecule has 0 radical (unpaired) electrons. The minimum atomic E-state index is -0.901. The molecule has 0 bridgehead atoms. The number of pyridine rings is 1. The van der Waals surface area contributed by atoms with E-state index in [-0.39, 0.29) is 23.3 Å². The van der Waals surface area contributed by atoms with Gasteiger partial charge in [0.15, 0.2) is 0 Å². The van der Waals surface area contributed by atoms with Crippen LogP contribution in [0.4, 0.5) is 0 Å². The normalized spacial score (nSPS) is 18.3. The van der Waals surface area contributed by atoms with Crippen molar-refractivity contribution in [2.75, 3.05) is 0 Å². The van der Waals surface area contributed by atoms with Gasteiger partial charge in [-0.15, -0.1) is 0 Å². The number of allylic oxidation sites excluding steroid dienone is 3. The number of aromatic hydroxyl groups is 2. The highest BCUT2D eigenvalue weighted by Gasteiger charge is 2.52. The van der Waals surface area contributed by atoms with Crippen LogP contribution in [0.15, 0.2) is 103 Å². The molecule has 1 aliphatic carbocycles. The van der Waals surface area contributed by atoms with Gasteiger partial charge < -0.3 is 10.2 Å². The van der Waals surface area contributed by atoms with Crippen molar-refractivity contribution in [2.24, 2.45) is 5.92 Å². The summed E-state index contributed by atoms with van der Waals surface area (Å²) >= 11 is 0. The van der Waals surface area contributed by atoms with Gasteiger partial charge >= 0.3 is 0 Å². The fourth-order valence-corrected chi connectivity index (χ4v) is 4.03. The number of aromatic nitrogens is 1. The zero-order valence-electron chi connectivity index (χ0n) is 16.5. The molecule has 1 atom stereocenters.